The summed E-state index contributed by atoms with van der Waals surface area (Å²) in [6, 6.07) is 11.6. The van der Waals surface area contributed by atoms with Crippen molar-refractivity contribution in [3.8, 4) is 11.5 Å². The highest BCUT2D eigenvalue weighted by Gasteiger charge is 2.10. The number of aromatic hydroxyl groups is 2. The second kappa shape index (κ2) is 4.72. The van der Waals surface area contributed by atoms with Crippen molar-refractivity contribution in [1.29, 1.82) is 0 Å². The van der Waals surface area contributed by atoms with Crippen molar-refractivity contribution in [3.05, 3.63) is 47.5 Å². The van der Waals surface area contributed by atoms with Gasteiger partial charge in [-0.25, -0.2) is 0 Å². The fourth-order valence-electron chi connectivity index (χ4n) is 1.48. The van der Waals surface area contributed by atoms with E-state index in [0.29, 0.717) is 10.5 Å². The predicted molar refractivity (Wildman–Crippen MR) is 69.8 cm³/mol. The number of benzene rings is 2. The van der Waals surface area contributed by atoms with E-state index in [9.17, 15) is 10.2 Å². The zero-order valence-corrected chi connectivity index (χ0v) is 10.6. The Hall–Kier alpha value is -1.61. The summed E-state index contributed by atoms with van der Waals surface area (Å²) in [6.45, 7) is 3.79. The number of rotatable bonds is 2. The van der Waals surface area contributed by atoms with E-state index in [1.165, 1.54) is 17.3 Å². The molecule has 0 aliphatic rings. The van der Waals surface area contributed by atoms with Gasteiger partial charge >= 0.3 is 0 Å². The Labute approximate surface area is 105 Å². The van der Waals surface area contributed by atoms with Gasteiger partial charge in [0.1, 0.15) is 0 Å². The minimum absolute atomic E-state index is 0.0397. The fourth-order valence-corrected chi connectivity index (χ4v) is 2.33. The van der Waals surface area contributed by atoms with Crippen LogP contribution in [0.15, 0.2) is 46.2 Å². The zero-order valence-electron chi connectivity index (χ0n) is 9.77. The van der Waals surface area contributed by atoms with Crippen LogP contribution in [-0.2, 0) is 0 Å². The fraction of sp³-hybridized carbons (Fsp3) is 0.143. The lowest BCUT2D eigenvalue weighted by Crippen LogP contribution is -1.80. The monoisotopic (exact) mass is 246 g/mol. The maximum absolute atomic E-state index is 9.82. The van der Waals surface area contributed by atoms with E-state index in [4.69, 9.17) is 0 Å². The molecule has 0 atom stereocenters. The van der Waals surface area contributed by atoms with Gasteiger partial charge in [0.2, 0.25) is 0 Å². The van der Waals surface area contributed by atoms with Gasteiger partial charge in [0.05, 0.1) is 4.90 Å². The van der Waals surface area contributed by atoms with E-state index in [0.717, 1.165) is 4.90 Å². The van der Waals surface area contributed by atoms with E-state index >= 15 is 0 Å². The van der Waals surface area contributed by atoms with E-state index < -0.39 is 0 Å². The average Bonchev–Trinajstić information content (AvgIpc) is 2.33. The highest BCUT2D eigenvalue weighted by atomic mass is 32.2. The lowest BCUT2D eigenvalue weighted by Gasteiger charge is -2.08. The lowest BCUT2D eigenvalue weighted by molar-refractivity contribution is 0.392. The van der Waals surface area contributed by atoms with Crippen LogP contribution in [0.1, 0.15) is 11.1 Å². The van der Waals surface area contributed by atoms with E-state index in [1.807, 2.05) is 37.3 Å². The second-order valence-electron chi connectivity index (χ2n) is 3.99. The molecule has 3 heteroatoms. The summed E-state index contributed by atoms with van der Waals surface area (Å²) in [5, 5.41) is 19.5. The molecule has 0 saturated carbocycles. The largest absolute Gasteiger partial charge is 0.504 e. The molecule has 0 amide bonds. The summed E-state index contributed by atoms with van der Waals surface area (Å²) < 4.78 is 0. The third kappa shape index (κ3) is 2.56. The van der Waals surface area contributed by atoms with Crippen LogP contribution in [0, 0.1) is 13.8 Å². The van der Waals surface area contributed by atoms with Crippen molar-refractivity contribution in [2.75, 3.05) is 0 Å². The van der Waals surface area contributed by atoms with Gasteiger partial charge in [-0.2, -0.15) is 0 Å². The van der Waals surface area contributed by atoms with Gasteiger partial charge in [-0.1, -0.05) is 35.5 Å². The second-order valence-corrected chi connectivity index (χ2v) is 5.11. The van der Waals surface area contributed by atoms with Crippen LogP contribution in [0.4, 0.5) is 0 Å². The van der Waals surface area contributed by atoms with Crippen LogP contribution in [-0.4, -0.2) is 10.2 Å². The number of aryl methyl sites for hydroxylation is 2. The molecule has 0 saturated heterocycles. The minimum Gasteiger partial charge on any atom is -0.504 e. The van der Waals surface area contributed by atoms with Gasteiger partial charge in [-0.3, -0.25) is 0 Å². The van der Waals surface area contributed by atoms with Crippen LogP contribution in [0.2, 0.25) is 0 Å². The summed E-state index contributed by atoms with van der Waals surface area (Å²) in [5.41, 5.74) is 1.88. The molecule has 17 heavy (non-hydrogen) atoms. The SMILES string of the molecule is Cc1ccc(Sc2ccc(C)c(O)c2O)cc1. The third-order valence-electron chi connectivity index (χ3n) is 2.56. The van der Waals surface area contributed by atoms with Gasteiger partial charge < -0.3 is 10.2 Å². The van der Waals surface area contributed by atoms with Crippen LogP contribution in [0.3, 0.4) is 0 Å². The van der Waals surface area contributed by atoms with E-state index in [1.54, 1.807) is 13.0 Å². The number of phenols is 2. The molecule has 0 fully saturated rings. The van der Waals surface area contributed by atoms with Crippen LogP contribution in [0.5, 0.6) is 11.5 Å². The summed E-state index contributed by atoms with van der Waals surface area (Å²) in [6.07, 6.45) is 0. The molecule has 2 aromatic carbocycles. The molecule has 0 unspecified atom stereocenters. The maximum atomic E-state index is 9.82. The van der Waals surface area contributed by atoms with Crippen LogP contribution >= 0.6 is 11.8 Å². The Morgan fingerprint density at radius 1 is 0.824 bits per heavy atom. The Balaban J connectivity index is 2.30. The molecule has 2 nitrogen and oxygen atoms in total. The first-order chi connectivity index (χ1) is 8.08. The topological polar surface area (TPSA) is 40.5 Å². The number of hydrogen-bond donors (Lipinski definition) is 2. The first kappa shape index (κ1) is 11.9. The summed E-state index contributed by atoms with van der Waals surface area (Å²) in [7, 11) is 0. The summed E-state index contributed by atoms with van der Waals surface area (Å²) >= 11 is 1.44. The zero-order chi connectivity index (χ0) is 12.4. The molecule has 0 radical (unpaired) electrons. The van der Waals surface area contributed by atoms with Crippen LogP contribution in [0.25, 0.3) is 0 Å². The van der Waals surface area contributed by atoms with Crippen LogP contribution < -0.4 is 0 Å². The van der Waals surface area contributed by atoms with E-state index in [2.05, 4.69) is 0 Å². The van der Waals surface area contributed by atoms with Crippen molar-refractivity contribution in [2.24, 2.45) is 0 Å². The van der Waals surface area contributed by atoms with Gasteiger partial charge in [0.15, 0.2) is 11.5 Å². The van der Waals surface area contributed by atoms with Crippen molar-refractivity contribution >= 4 is 11.8 Å². The molecular formula is C14H14O2S. The smallest absolute Gasteiger partial charge is 0.171 e. The Morgan fingerprint density at radius 3 is 2.12 bits per heavy atom. The first-order valence-corrected chi connectivity index (χ1v) is 6.15. The first-order valence-electron chi connectivity index (χ1n) is 5.34. The average molecular weight is 246 g/mol. The molecule has 88 valence electrons. The van der Waals surface area contributed by atoms with E-state index in [-0.39, 0.29) is 11.5 Å². The molecule has 2 N–H and O–H groups in total. The standard InChI is InChI=1S/C14H14O2S/c1-9-3-6-11(7-4-9)17-12-8-5-10(2)13(15)14(12)16/h3-8,15-16H,1-2H3. The quantitative estimate of drug-likeness (QED) is 0.790. The number of phenolic OH excluding ortho intramolecular Hbond substituents is 2. The van der Waals surface area contributed by atoms with Crippen molar-refractivity contribution < 1.29 is 10.2 Å². The Kier molecular flexibility index (Phi) is 3.29. The predicted octanol–water partition coefficient (Wildman–Crippen LogP) is 3.87. The summed E-state index contributed by atoms with van der Waals surface area (Å²) in [4.78, 5) is 1.70. The minimum atomic E-state index is -0.0458. The lowest BCUT2D eigenvalue weighted by atomic mass is 10.2. The third-order valence-corrected chi connectivity index (χ3v) is 3.62. The molecule has 0 aliphatic heterocycles. The van der Waals surface area contributed by atoms with Gasteiger partial charge in [-0.05, 0) is 37.6 Å². The molecular weight excluding hydrogens is 232 g/mol. The Bertz CT molecular complexity index is 533. The highest BCUT2D eigenvalue weighted by Crippen LogP contribution is 2.41. The Morgan fingerprint density at radius 2 is 1.47 bits per heavy atom. The molecule has 0 aromatic heterocycles. The highest BCUT2D eigenvalue weighted by molar-refractivity contribution is 7.99. The molecule has 0 bridgehead atoms. The molecule has 2 rings (SSSR count). The van der Waals surface area contributed by atoms with Crippen molar-refractivity contribution in [2.45, 2.75) is 23.6 Å². The maximum Gasteiger partial charge on any atom is 0.171 e. The van der Waals surface area contributed by atoms with Crippen molar-refractivity contribution in [1.82, 2.24) is 0 Å². The van der Waals surface area contributed by atoms with Gasteiger partial charge in [0, 0.05) is 4.90 Å². The summed E-state index contributed by atoms with van der Waals surface area (Å²) in [5.74, 6) is -0.0855. The van der Waals surface area contributed by atoms with Gasteiger partial charge in [0.25, 0.3) is 0 Å². The molecule has 0 spiro atoms. The normalized spacial score (nSPS) is 10.5. The number of hydrogen-bond acceptors (Lipinski definition) is 3. The van der Waals surface area contributed by atoms with Crippen molar-refractivity contribution in [3.63, 3.8) is 0 Å². The molecule has 0 heterocycles. The molecule has 2 aromatic rings. The van der Waals surface area contributed by atoms with Gasteiger partial charge in [-0.15, -0.1) is 0 Å². The molecule has 0 aliphatic carbocycles.